The number of carbonyl (C=O) groups is 1. The highest BCUT2D eigenvalue weighted by molar-refractivity contribution is 5.96. The van der Waals surface area contributed by atoms with Crippen LogP contribution in [0.1, 0.15) is 24.2 Å². The van der Waals surface area contributed by atoms with Crippen LogP contribution in [0.25, 0.3) is 0 Å². The molecule has 0 aliphatic rings. The Morgan fingerprint density at radius 3 is 2.92 bits per heavy atom. The molecule has 0 aliphatic carbocycles. The molecule has 1 aromatic heterocycles. The largest absolute Gasteiger partial charge is 0.371 e. The lowest BCUT2D eigenvalue weighted by atomic mass is 10.2. The number of aromatic nitrogens is 1. The third-order valence-corrected chi connectivity index (χ3v) is 1.53. The molecule has 1 heterocycles. The van der Waals surface area contributed by atoms with Crippen LogP contribution < -0.4 is 0 Å². The summed E-state index contributed by atoms with van der Waals surface area (Å²) in [6.45, 7) is 3.93. The van der Waals surface area contributed by atoms with E-state index in [2.05, 4.69) is 4.98 Å². The number of carbonyl (C=O) groups excluding carboxylic acids is 1. The first kappa shape index (κ1) is 9.86. The highest BCUT2D eigenvalue weighted by Crippen LogP contribution is 1.99. The highest BCUT2D eigenvalue weighted by Gasteiger charge is 2.05. The Morgan fingerprint density at radius 2 is 2.38 bits per heavy atom. The Hall–Kier alpha value is -1.22. The fourth-order valence-electron chi connectivity index (χ4n) is 0.853. The minimum atomic E-state index is -0.0261. The van der Waals surface area contributed by atoms with Crippen molar-refractivity contribution in [1.82, 2.24) is 4.98 Å². The van der Waals surface area contributed by atoms with Gasteiger partial charge in [-0.2, -0.15) is 0 Å². The SMILES string of the molecule is CC(C)OCC(=O)c1cccnc1. The molecule has 0 atom stereocenters. The summed E-state index contributed by atoms with van der Waals surface area (Å²) in [5.41, 5.74) is 0.600. The van der Waals surface area contributed by atoms with Crippen LogP contribution in [0.5, 0.6) is 0 Å². The Bertz CT molecular complexity index is 270. The van der Waals surface area contributed by atoms with Crippen LogP contribution in [-0.4, -0.2) is 23.5 Å². The first-order valence-corrected chi connectivity index (χ1v) is 4.25. The van der Waals surface area contributed by atoms with Crippen molar-refractivity contribution in [3.8, 4) is 0 Å². The van der Waals surface area contributed by atoms with Crippen LogP contribution in [0.15, 0.2) is 24.5 Å². The third-order valence-electron chi connectivity index (χ3n) is 1.53. The lowest BCUT2D eigenvalue weighted by molar-refractivity contribution is 0.0584. The molecular weight excluding hydrogens is 166 g/mol. The molecule has 0 saturated carbocycles. The molecule has 3 nitrogen and oxygen atoms in total. The highest BCUT2D eigenvalue weighted by atomic mass is 16.5. The van der Waals surface area contributed by atoms with E-state index in [9.17, 15) is 4.79 Å². The average molecular weight is 179 g/mol. The zero-order chi connectivity index (χ0) is 9.68. The molecule has 0 N–H and O–H groups in total. The lowest BCUT2D eigenvalue weighted by Crippen LogP contribution is -2.13. The zero-order valence-corrected chi connectivity index (χ0v) is 7.86. The normalized spacial score (nSPS) is 10.4. The van der Waals surface area contributed by atoms with Gasteiger partial charge in [-0.15, -0.1) is 0 Å². The molecule has 0 radical (unpaired) electrons. The van der Waals surface area contributed by atoms with Crippen LogP contribution in [-0.2, 0) is 4.74 Å². The molecule has 0 spiro atoms. The Labute approximate surface area is 77.8 Å². The number of ether oxygens (including phenoxy) is 1. The summed E-state index contributed by atoms with van der Waals surface area (Å²) in [7, 11) is 0. The zero-order valence-electron chi connectivity index (χ0n) is 7.86. The minimum Gasteiger partial charge on any atom is -0.371 e. The smallest absolute Gasteiger partial charge is 0.190 e. The molecule has 0 amide bonds. The molecule has 0 unspecified atom stereocenters. The predicted molar refractivity (Wildman–Crippen MR) is 49.7 cm³/mol. The van der Waals surface area contributed by atoms with Gasteiger partial charge in [0.1, 0.15) is 6.61 Å². The van der Waals surface area contributed by atoms with E-state index in [1.807, 2.05) is 13.8 Å². The van der Waals surface area contributed by atoms with E-state index in [1.54, 1.807) is 24.5 Å². The summed E-state index contributed by atoms with van der Waals surface area (Å²) in [4.78, 5) is 15.2. The van der Waals surface area contributed by atoms with Crippen LogP contribution in [0.3, 0.4) is 0 Å². The fraction of sp³-hybridized carbons (Fsp3) is 0.400. The number of Topliss-reactive ketones (excluding diaryl/α,β-unsaturated/α-hetero) is 1. The molecule has 0 bridgehead atoms. The van der Waals surface area contributed by atoms with Gasteiger partial charge in [0, 0.05) is 18.0 Å². The second-order valence-electron chi connectivity index (χ2n) is 3.02. The summed E-state index contributed by atoms with van der Waals surface area (Å²) >= 11 is 0. The Kier molecular flexibility index (Phi) is 3.58. The van der Waals surface area contributed by atoms with Crippen LogP contribution in [0, 0.1) is 0 Å². The third kappa shape index (κ3) is 3.34. The van der Waals surface area contributed by atoms with E-state index in [4.69, 9.17) is 4.74 Å². The van der Waals surface area contributed by atoms with E-state index in [0.717, 1.165) is 0 Å². The minimum absolute atomic E-state index is 0.0261. The molecular formula is C10H13NO2. The molecule has 0 saturated heterocycles. The molecule has 70 valence electrons. The number of rotatable bonds is 4. The lowest BCUT2D eigenvalue weighted by Gasteiger charge is -2.05. The molecule has 0 aromatic carbocycles. The van der Waals surface area contributed by atoms with Crippen molar-refractivity contribution in [2.75, 3.05) is 6.61 Å². The molecule has 0 fully saturated rings. The van der Waals surface area contributed by atoms with E-state index in [1.165, 1.54) is 0 Å². The second-order valence-corrected chi connectivity index (χ2v) is 3.02. The standard InChI is InChI=1S/C10H13NO2/c1-8(2)13-7-10(12)9-4-3-5-11-6-9/h3-6,8H,7H2,1-2H3. The van der Waals surface area contributed by atoms with Crippen LogP contribution >= 0.6 is 0 Å². The summed E-state index contributed by atoms with van der Waals surface area (Å²) in [5.74, 6) is -0.0261. The van der Waals surface area contributed by atoms with Gasteiger partial charge in [-0.3, -0.25) is 9.78 Å². The van der Waals surface area contributed by atoms with Crippen molar-refractivity contribution < 1.29 is 9.53 Å². The number of ketones is 1. The maximum Gasteiger partial charge on any atom is 0.190 e. The Morgan fingerprint density at radius 1 is 1.62 bits per heavy atom. The van der Waals surface area contributed by atoms with E-state index in [0.29, 0.717) is 5.56 Å². The van der Waals surface area contributed by atoms with E-state index in [-0.39, 0.29) is 18.5 Å². The molecule has 1 rings (SSSR count). The van der Waals surface area contributed by atoms with Gasteiger partial charge in [0.2, 0.25) is 0 Å². The van der Waals surface area contributed by atoms with Gasteiger partial charge in [0.25, 0.3) is 0 Å². The van der Waals surface area contributed by atoms with Gasteiger partial charge in [-0.25, -0.2) is 0 Å². The maximum absolute atomic E-state index is 11.4. The van der Waals surface area contributed by atoms with Gasteiger partial charge in [-0.05, 0) is 26.0 Å². The first-order valence-electron chi connectivity index (χ1n) is 4.25. The van der Waals surface area contributed by atoms with E-state index >= 15 is 0 Å². The molecule has 3 heteroatoms. The maximum atomic E-state index is 11.4. The number of hydrogen-bond acceptors (Lipinski definition) is 3. The van der Waals surface area contributed by atoms with Gasteiger partial charge in [0.05, 0.1) is 6.10 Å². The van der Waals surface area contributed by atoms with Gasteiger partial charge in [-0.1, -0.05) is 0 Å². The van der Waals surface area contributed by atoms with Gasteiger partial charge < -0.3 is 4.74 Å². The van der Waals surface area contributed by atoms with Crippen molar-refractivity contribution in [3.05, 3.63) is 30.1 Å². The first-order chi connectivity index (χ1) is 6.20. The monoisotopic (exact) mass is 179 g/mol. The summed E-state index contributed by atoms with van der Waals surface area (Å²) in [5, 5.41) is 0. The van der Waals surface area contributed by atoms with Crippen molar-refractivity contribution in [2.45, 2.75) is 20.0 Å². The van der Waals surface area contributed by atoms with Crippen molar-refractivity contribution in [3.63, 3.8) is 0 Å². The predicted octanol–water partition coefficient (Wildman–Crippen LogP) is 1.69. The average Bonchev–Trinajstić information content (AvgIpc) is 2.15. The van der Waals surface area contributed by atoms with Crippen LogP contribution in [0.4, 0.5) is 0 Å². The summed E-state index contributed by atoms with van der Waals surface area (Å²) in [6.07, 6.45) is 3.27. The van der Waals surface area contributed by atoms with Gasteiger partial charge >= 0.3 is 0 Å². The molecule has 0 aliphatic heterocycles. The van der Waals surface area contributed by atoms with Gasteiger partial charge in [0.15, 0.2) is 5.78 Å². The quantitative estimate of drug-likeness (QED) is 0.660. The van der Waals surface area contributed by atoms with E-state index < -0.39 is 0 Å². The van der Waals surface area contributed by atoms with Crippen molar-refractivity contribution >= 4 is 5.78 Å². The number of hydrogen-bond donors (Lipinski definition) is 0. The molecule has 1 aromatic rings. The second kappa shape index (κ2) is 4.72. The summed E-state index contributed by atoms with van der Waals surface area (Å²) < 4.78 is 5.18. The summed E-state index contributed by atoms with van der Waals surface area (Å²) in [6, 6.07) is 3.47. The fourth-order valence-corrected chi connectivity index (χ4v) is 0.853. The number of nitrogens with zero attached hydrogens (tertiary/aromatic N) is 1. The molecule has 13 heavy (non-hydrogen) atoms. The Balaban J connectivity index is 2.50. The van der Waals surface area contributed by atoms with Crippen molar-refractivity contribution in [2.24, 2.45) is 0 Å². The topological polar surface area (TPSA) is 39.2 Å². The number of pyridine rings is 1. The van der Waals surface area contributed by atoms with Crippen molar-refractivity contribution in [1.29, 1.82) is 0 Å². The van der Waals surface area contributed by atoms with Crippen LogP contribution in [0.2, 0.25) is 0 Å².